The molecule has 0 saturated carbocycles. The fourth-order valence-electron chi connectivity index (χ4n) is 1.28. The van der Waals surface area contributed by atoms with Gasteiger partial charge in [-0.05, 0) is 26.0 Å². The molecular weight excluding hydrogens is 234 g/mol. The van der Waals surface area contributed by atoms with Crippen molar-refractivity contribution < 1.29 is 14.5 Å². The Kier molecular flexibility index (Phi) is 3.84. The van der Waals surface area contributed by atoms with Gasteiger partial charge in [0.05, 0.1) is 17.1 Å². The van der Waals surface area contributed by atoms with Gasteiger partial charge in [0.1, 0.15) is 5.02 Å². The van der Waals surface area contributed by atoms with E-state index in [0.29, 0.717) is 0 Å². The Labute approximate surface area is 97.1 Å². The summed E-state index contributed by atoms with van der Waals surface area (Å²) < 4.78 is 5.12. The fourth-order valence-corrected chi connectivity index (χ4v) is 1.50. The van der Waals surface area contributed by atoms with Gasteiger partial charge < -0.3 is 4.74 Å². The second-order valence-electron chi connectivity index (χ2n) is 3.02. The van der Waals surface area contributed by atoms with Crippen molar-refractivity contribution in [3.63, 3.8) is 0 Å². The maximum Gasteiger partial charge on any atom is 0.330 e. The Balaban J connectivity index is 3.49. The number of Topliss-reactive ketones (excluding diaryl/α,β-unsaturated/α-hetero) is 1. The third-order valence-electron chi connectivity index (χ3n) is 1.93. The van der Waals surface area contributed by atoms with Crippen molar-refractivity contribution >= 4 is 23.1 Å². The van der Waals surface area contributed by atoms with Crippen LogP contribution >= 0.6 is 11.6 Å². The zero-order chi connectivity index (χ0) is 12.3. The number of rotatable bonds is 4. The number of nitro benzene ring substituents is 1. The molecule has 1 aromatic rings. The first-order valence-corrected chi connectivity index (χ1v) is 4.97. The molecule has 0 amide bonds. The lowest BCUT2D eigenvalue weighted by Crippen LogP contribution is -2.04. The van der Waals surface area contributed by atoms with E-state index in [1.807, 2.05) is 0 Å². The molecule has 0 aliphatic rings. The van der Waals surface area contributed by atoms with E-state index >= 15 is 0 Å². The van der Waals surface area contributed by atoms with Crippen LogP contribution in [0, 0.1) is 10.1 Å². The molecule has 1 rings (SSSR count). The number of carbonyl (C=O) groups excluding carboxylic acids is 1. The molecule has 0 heterocycles. The van der Waals surface area contributed by atoms with Crippen LogP contribution in [0.3, 0.4) is 0 Å². The molecule has 0 N–H and O–H groups in total. The van der Waals surface area contributed by atoms with Crippen molar-refractivity contribution in [2.75, 3.05) is 6.61 Å². The van der Waals surface area contributed by atoms with Crippen molar-refractivity contribution in [2.45, 2.75) is 13.8 Å². The zero-order valence-electron chi connectivity index (χ0n) is 8.82. The summed E-state index contributed by atoms with van der Waals surface area (Å²) >= 11 is 5.70. The van der Waals surface area contributed by atoms with Crippen LogP contribution in [0.5, 0.6) is 5.75 Å². The Morgan fingerprint density at radius 3 is 2.62 bits per heavy atom. The molecule has 0 unspecified atom stereocenters. The summed E-state index contributed by atoms with van der Waals surface area (Å²) in [4.78, 5) is 21.5. The van der Waals surface area contributed by atoms with Gasteiger partial charge in [0.25, 0.3) is 0 Å². The third-order valence-corrected chi connectivity index (χ3v) is 2.24. The van der Waals surface area contributed by atoms with Gasteiger partial charge in [0.15, 0.2) is 5.78 Å². The Bertz CT molecular complexity index is 445. The largest absolute Gasteiger partial charge is 0.487 e. The molecule has 0 fully saturated rings. The molecular formula is C10H10ClNO4. The second-order valence-corrected chi connectivity index (χ2v) is 3.43. The lowest BCUT2D eigenvalue weighted by atomic mass is 10.1. The lowest BCUT2D eigenvalue weighted by Gasteiger charge is -2.09. The SMILES string of the molecule is CCOc1c(C(C)=O)ccc(Cl)c1[N+](=O)[O-]. The van der Waals surface area contributed by atoms with Gasteiger partial charge in [-0.1, -0.05) is 11.6 Å². The molecule has 16 heavy (non-hydrogen) atoms. The van der Waals surface area contributed by atoms with E-state index in [1.165, 1.54) is 19.1 Å². The van der Waals surface area contributed by atoms with E-state index < -0.39 is 4.92 Å². The van der Waals surface area contributed by atoms with Crippen LogP contribution < -0.4 is 4.74 Å². The summed E-state index contributed by atoms with van der Waals surface area (Å²) in [5.74, 6) is -0.365. The van der Waals surface area contributed by atoms with Gasteiger partial charge in [-0.15, -0.1) is 0 Å². The smallest absolute Gasteiger partial charge is 0.330 e. The minimum atomic E-state index is -0.653. The first-order valence-electron chi connectivity index (χ1n) is 4.59. The first-order chi connectivity index (χ1) is 7.49. The Hall–Kier alpha value is -1.62. The number of carbonyl (C=O) groups is 1. The van der Waals surface area contributed by atoms with Crippen molar-refractivity contribution in [1.82, 2.24) is 0 Å². The van der Waals surface area contributed by atoms with E-state index in [0.717, 1.165) is 0 Å². The van der Waals surface area contributed by atoms with Crippen LogP contribution in [-0.2, 0) is 0 Å². The van der Waals surface area contributed by atoms with E-state index in [9.17, 15) is 14.9 Å². The predicted octanol–water partition coefficient (Wildman–Crippen LogP) is 2.85. The summed E-state index contributed by atoms with van der Waals surface area (Å²) in [6.07, 6.45) is 0. The van der Waals surface area contributed by atoms with E-state index in [1.54, 1.807) is 6.92 Å². The molecule has 0 saturated heterocycles. The summed E-state index contributed by atoms with van der Waals surface area (Å²) in [5.41, 5.74) is -0.200. The molecule has 0 radical (unpaired) electrons. The molecule has 0 atom stereocenters. The Morgan fingerprint density at radius 2 is 2.19 bits per heavy atom. The number of nitrogens with zero attached hydrogens (tertiary/aromatic N) is 1. The summed E-state index contributed by atoms with van der Waals surface area (Å²) in [5, 5.41) is 10.8. The number of nitro groups is 1. The normalized spacial score (nSPS) is 9.94. The molecule has 0 aromatic heterocycles. The maximum absolute atomic E-state index is 11.3. The van der Waals surface area contributed by atoms with E-state index in [2.05, 4.69) is 0 Å². The number of ether oxygens (including phenoxy) is 1. The van der Waals surface area contributed by atoms with Crippen LogP contribution in [0.15, 0.2) is 12.1 Å². The second kappa shape index (κ2) is 4.94. The number of hydrogen-bond acceptors (Lipinski definition) is 4. The van der Waals surface area contributed by atoms with Crippen LogP contribution in [0.2, 0.25) is 5.02 Å². The van der Waals surface area contributed by atoms with Crippen LogP contribution in [0.1, 0.15) is 24.2 Å². The van der Waals surface area contributed by atoms with Crippen molar-refractivity contribution in [3.8, 4) is 5.75 Å². The predicted molar refractivity (Wildman–Crippen MR) is 59.3 cm³/mol. The molecule has 6 heteroatoms. The highest BCUT2D eigenvalue weighted by molar-refractivity contribution is 6.33. The molecule has 0 bridgehead atoms. The van der Waals surface area contributed by atoms with Crippen molar-refractivity contribution in [2.24, 2.45) is 0 Å². The first kappa shape index (κ1) is 12.4. The highest BCUT2D eigenvalue weighted by atomic mass is 35.5. The monoisotopic (exact) mass is 243 g/mol. The van der Waals surface area contributed by atoms with Gasteiger partial charge in [-0.2, -0.15) is 0 Å². The van der Waals surface area contributed by atoms with Crippen molar-refractivity contribution in [3.05, 3.63) is 32.8 Å². The topological polar surface area (TPSA) is 69.4 Å². The van der Waals surface area contributed by atoms with Crippen LogP contribution in [-0.4, -0.2) is 17.3 Å². The average Bonchev–Trinajstić information content (AvgIpc) is 2.17. The van der Waals surface area contributed by atoms with Gasteiger partial charge >= 0.3 is 5.69 Å². The average molecular weight is 244 g/mol. The number of hydrogen-bond donors (Lipinski definition) is 0. The molecule has 0 aliphatic carbocycles. The van der Waals surface area contributed by atoms with Gasteiger partial charge in [0.2, 0.25) is 5.75 Å². The standard InChI is InChI=1S/C10H10ClNO4/c1-3-16-10-7(6(2)13)4-5-8(11)9(10)12(14)15/h4-5H,3H2,1-2H3. The van der Waals surface area contributed by atoms with Crippen LogP contribution in [0.25, 0.3) is 0 Å². The maximum atomic E-state index is 11.3. The summed E-state index contributed by atoms with van der Waals surface area (Å²) in [6.45, 7) is 3.21. The number of benzene rings is 1. The minimum absolute atomic E-state index is 0.0431. The highest BCUT2D eigenvalue weighted by Gasteiger charge is 2.25. The lowest BCUT2D eigenvalue weighted by molar-refractivity contribution is -0.385. The van der Waals surface area contributed by atoms with Crippen molar-refractivity contribution in [1.29, 1.82) is 0 Å². The molecule has 1 aromatic carbocycles. The zero-order valence-corrected chi connectivity index (χ0v) is 9.58. The van der Waals surface area contributed by atoms with E-state index in [-0.39, 0.29) is 34.4 Å². The van der Waals surface area contributed by atoms with Gasteiger partial charge in [-0.3, -0.25) is 14.9 Å². The molecule has 0 spiro atoms. The quantitative estimate of drug-likeness (QED) is 0.463. The number of ketones is 1. The molecule has 86 valence electrons. The molecule has 0 aliphatic heterocycles. The number of halogens is 1. The van der Waals surface area contributed by atoms with Crippen LogP contribution in [0.4, 0.5) is 5.69 Å². The molecule has 5 nitrogen and oxygen atoms in total. The summed E-state index contributed by atoms with van der Waals surface area (Å²) in [7, 11) is 0. The van der Waals surface area contributed by atoms with Gasteiger partial charge in [-0.25, -0.2) is 0 Å². The summed E-state index contributed by atoms with van der Waals surface area (Å²) in [6, 6.07) is 2.74. The van der Waals surface area contributed by atoms with Gasteiger partial charge in [0, 0.05) is 0 Å². The van der Waals surface area contributed by atoms with E-state index in [4.69, 9.17) is 16.3 Å². The third kappa shape index (κ3) is 2.30. The fraction of sp³-hybridized carbons (Fsp3) is 0.300. The Morgan fingerprint density at radius 1 is 1.56 bits per heavy atom. The highest BCUT2D eigenvalue weighted by Crippen LogP contribution is 2.37. The minimum Gasteiger partial charge on any atom is -0.487 e.